The molecule has 1 aromatic heterocycles. The maximum Gasteiger partial charge on any atom is 0.226 e. The van der Waals surface area contributed by atoms with Gasteiger partial charge in [-0.3, -0.25) is 4.79 Å². The van der Waals surface area contributed by atoms with E-state index >= 15 is 0 Å². The van der Waals surface area contributed by atoms with Crippen molar-refractivity contribution in [3.63, 3.8) is 0 Å². The number of methoxy groups -OCH3 is 2. The Morgan fingerprint density at radius 3 is 2.68 bits per heavy atom. The molecule has 1 aromatic carbocycles. The van der Waals surface area contributed by atoms with E-state index in [1.54, 1.807) is 43.8 Å². The van der Waals surface area contributed by atoms with Crippen LogP contribution in [0.1, 0.15) is 18.2 Å². The Kier molecular flexibility index (Phi) is 7.55. The quantitative estimate of drug-likeness (QED) is 0.689. The highest BCUT2D eigenvalue weighted by Crippen LogP contribution is 2.29. The molecule has 0 saturated heterocycles. The molecule has 0 fully saturated rings. The number of nitrogens with one attached hydrogen (secondary N) is 2. The summed E-state index contributed by atoms with van der Waals surface area (Å²) in [5.41, 5.74) is 0.633. The second kappa shape index (κ2) is 9.65. The SMILES string of the molecule is COc1ccc(NC(=O)CC(C)NCCc2ccc(Cl)s2)c(OC)c1. The number of hydrogen-bond donors (Lipinski definition) is 2. The summed E-state index contributed by atoms with van der Waals surface area (Å²) in [6.07, 6.45) is 1.27. The number of rotatable bonds is 9. The van der Waals surface area contributed by atoms with Crippen molar-refractivity contribution in [2.24, 2.45) is 0 Å². The fourth-order valence-electron chi connectivity index (χ4n) is 2.38. The third kappa shape index (κ3) is 6.23. The van der Waals surface area contributed by atoms with Gasteiger partial charge in [-0.2, -0.15) is 0 Å². The molecule has 7 heteroatoms. The lowest BCUT2D eigenvalue weighted by Crippen LogP contribution is -2.32. The number of halogens is 1. The van der Waals surface area contributed by atoms with Crippen molar-refractivity contribution in [2.45, 2.75) is 25.8 Å². The molecule has 2 N–H and O–H groups in total. The molecule has 0 radical (unpaired) electrons. The topological polar surface area (TPSA) is 59.6 Å². The Labute approximate surface area is 157 Å². The molecule has 0 spiro atoms. The van der Waals surface area contributed by atoms with Crippen LogP contribution in [0.5, 0.6) is 11.5 Å². The van der Waals surface area contributed by atoms with Crippen molar-refractivity contribution in [1.29, 1.82) is 0 Å². The van der Waals surface area contributed by atoms with Gasteiger partial charge in [-0.05, 0) is 37.6 Å². The van der Waals surface area contributed by atoms with Crippen LogP contribution in [0, 0.1) is 0 Å². The van der Waals surface area contributed by atoms with E-state index in [0.717, 1.165) is 17.3 Å². The fourth-order valence-corrected chi connectivity index (χ4v) is 3.47. The number of carbonyl (C=O) groups is 1. The summed E-state index contributed by atoms with van der Waals surface area (Å²) < 4.78 is 11.2. The van der Waals surface area contributed by atoms with E-state index in [4.69, 9.17) is 21.1 Å². The number of hydrogen-bond acceptors (Lipinski definition) is 5. The van der Waals surface area contributed by atoms with Crippen molar-refractivity contribution >= 4 is 34.5 Å². The molecule has 1 heterocycles. The predicted molar refractivity (Wildman–Crippen MR) is 103 cm³/mol. The van der Waals surface area contributed by atoms with Crippen LogP contribution in [0.25, 0.3) is 0 Å². The van der Waals surface area contributed by atoms with E-state index in [-0.39, 0.29) is 11.9 Å². The highest BCUT2D eigenvalue weighted by molar-refractivity contribution is 7.16. The first-order valence-corrected chi connectivity index (χ1v) is 9.20. The summed E-state index contributed by atoms with van der Waals surface area (Å²) in [5.74, 6) is 1.18. The Hall–Kier alpha value is -1.76. The summed E-state index contributed by atoms with van der Waals surface area (Å²) in [4.78, 5) is 13.5. The first kappa shape index (κ1) is 19.6. The second-order valence-electron chi connectivity index (χ2n) is 5.63. The van der Waals surface area contributed by atoms with E-state index in [1.165, 1.54) is 4.88 Å². The Balaban J connectivity index is 1.79. The monoisotopic (exact) mass is 382 g/mol. The lowest BCUT2D eigenvalue weighted by atomic mass is 10.2. The normalized spacial score (nSPS) is 11.8. The van der Waals surface area contributed by atoms with Gasteiger partial charge in [0.2, 0.25) is 5.91 Å². The summed E-state index contributed by atoms with van der Waals surface area (Å²) in [7, 11) is 3.15. The van der Waals surface area contributed by atoms with Crippen molar-refractivity contribution in [3.8, 4) is 11.5 Å². The number of carbonyl (C=O) groups excluding carboxylic acids is 1. The Morgan fingerprint density at radius 1 is 1.24 bits per heavy atom. The molecule has 0 bridgehead atoms. The number of amides is 1. The van der Waals surface area contributed by atoms with Gasteiger partial charge in [-0.25, -0.2) is 0 Å². The fraction of sp³-hybridized carbons (Fsp3) is 0.389. The van der Waals surface area contributed by atoms with Crippen molar-refractivity contribution < 1.29 is 14.3 Å². The summed E-state index contributed by atoms with van der Waals surface area (Å²) in [6.45, 7) is 2.80. The van der Waals surface area contributed by atoms with Gasteiger partial charge in [0, 0.05) is 30.0 Å². The van der Waals surface area contributed by atoms with E-state index in [1.807, 2.05) is 19.1 Å². The van der Waals surface area contributed by atoms with Gasteiger partial charge in [0.05, 0.1) is 24.2 Å². The Bertz CT molecular complexity index is 705. The number of benzene rings is 1. The van der Waals surface area contributed by atoms with Gasteiger partial charge in [0.25, 0.3) is 0 Å². The van der Waals surface area contributed by atoms with Crippen LogP contribution in [-0.4, -0.2) is 32.7 Å². The second-order valence-corrected chi connectivity index (χ2v) is 7.43. The van der Waals surface area contributed by atoms with Gasteiger partial charge in [0.1, 0.15) is 11.5 Å². The molecule has 1 atom stereocenters. The van der Waals surface area contributed by atoms with Crippen LogP contribution >= 0.6 is 22.9 Å². The number of thiophene rings is 1. The molecule has 2 rings (SSSR count). The summed E-state index contributed by atoms with van der Waals surface area (Å²) in [6, 6.07) is 9.30. The third-order valence-electron chi connectivity index (χ3n) is 3.67. The molecule has 1 amide bonds. The molecule has 0 aliphatic rings. The molecule has 25 heavy (non-hydrogen) atoms. The van der Waals surface area contributed by atoms with Crippen molar-refractivity contribution in [2.75, 3.05) is 26.1 Å². The Morgan fingerprint density at radius 2 is 2.04 bits per heavy atom. The van der Waals surface area contributed by atoms with Gasteiger partial charge in [0.15, 0.2) is 0 Å². The van der Waals surface area contributed by atoms with Gasteiger partial charge >= 0.3 is 0 Å². The highest BCUT2D eigenvalue weighted by Gasteiger charge is 2.12. The van der Waals surface area contributed by atoms with Crippen LogP contribution in [0.4, 0.5) is 5.69 Å². The minimum atomic E-state index is -0.0670. The lowest BCUT2D eigenvalue weighted by Gasteiger charge is -2.15. The van der Waals surface area contributed by atoms with E-state index in [0.29, 0.717) is 23.6 Å². The maximum atomic E-state index is 12.2. The zero-order chi connectivity index (χ0) is 18.2. The van der Waals surface area contributed by atoms with Crippen LogP contribution in [0.3, 0.4) is 0 Å². The van der Waals surface area contributed by atoms with Gasteiger partial charge in [-0.1, -0.05) is 11.6 Å². The van der Waals surface area contributed by atoms with Crippen LogP contribution in [-0.2, 0) is 11.2 Å². The standard InChI is InChI=1S/C18H23ClN2O3S/c1-12(20-9-8-14-5-7-17(19)25-14)10-18(22)21-15-6-4-13(23-2)11-16(15)24-3/h4-7,11-12,20H,8-10H2,1-3H3,(H,21,22). The van der Waals surface area contributed by atoms with E-state index in [2.05, 4.69) is 10.6 Å². The number of anilines is 1. The molecule has 0 saturated carbocycles. The lowest BCUT2D eigenvalue weighted by molar-refractivity contribution is -0.116. The molecule has 136 valence electrons. The molecule has 1 unspecified atom stereocenters. The average molecular weight is 383 g/mol. The smallest absolute Gasteiger partial charge is 0.226 e. The van der Waals surface area contributed by atoms with E-state index in [9.17, 15) is 4.79 Å². The minimum absolute atomic E-state index is 0.0670. The van der Waals surface area contributed by atoms with Crippen molar-refractivity contribution in [3.05, 3.63) is 39.5 Å². The molecule has 5 nitrogen and oxygen atoms in total. The summed E-state index contributed by atoms with van der Waals surface area (Å²) in [5, 5.41) is 6.24. The molecule has 2 aromatic rings. The first-order valence-electron chi connectivity index (χ1n) is 8.01. The molecule has 0 aliphatic heterocycles. The van der Waals surface area contributed by atoms with Crippen molar-refractivity contribution in [1.82, 2.24) is 5.32 Å². The highest BCUT2D eigenvalue weighted by atomic mass is 35.5. The summed E-state index contributed by atoms with van der Waals surface area (Å²) >= 11 is 7.50. The predicted octanol–water partition coefficient (Wildman–Crippen LogP) is 3.97. The van der Waals surface area contributed by atoms with Crippen LogP contribution in [0.15, 0.2) is 30.3 Å². The first-order chi connectivity index (χ1) is 12.0. The van der Waals surface area contributed by atoms with Crippen LogP contribution in [0.2, 0.25) is 4.34 Å². The maximum absolute atomic E-state index is 12.2. The molecular weight excluding hydrogens is 360 g/mol. The number of ether oxygens (including phenoxy) is 2. The molecular formula is C18H23ClN2O3S. The molecule has 0 aliphatic carbocycles. The largest absolute Gasteiger partial charge is 0.497 e. The zero-order valence-electron chi connectivity index (χ0n) is 14.6. The van der Waals surface area contributed by atoms with E-state index < -0.39 is 0 Å². The average Bonchev–Trinajstić information content (AvgIpc) is 3.00. The minimum Gasteiger partial charge on any atom is -0.497 e. The van der Waals surface area contributed by atoms with Gasteiger partial charge < -0.3 is 20.1 Å². The zero-order valence-corrected chi connectivity index (χ0v) is 16.2. The van der Waals surface area contributed by atoms with Gasteiger partial charge in [-0.15, -0.1) is 11.3 Å². The third-order valence-corrected chi connectivity index (χ3v) is 4.96. The van der Waals surface area contributed by atoms with Crippen LogP contribution < -0.4 is 20.1 Å².